The third-order valence-electron chi connectivity index (χ3n) is 2.48. The fraction of sp³-hybridized carbons (Fsp3) is 0.250. The number of benzene rings is 1. The lowest BCUT2D eigenvalue weighted by Gasteiger charge is -2.01. The van der Waals surface area contributed by atoms with Gasteiger partial charge in [0.15, 0.2) is 0 Å². The Kier molecular flexibility index (Phi) is 3.30. The molecule has 0 aliphatic rings. The van der Waals surface area contributed by atoms with Crippen molar-refractivity contribution in [2.24, 2.45) is 5.92 Å². The van der Waals surface area contributed by atoms with Gasteiger partial charge in [0.2, 0.25) is 0 Å². The maximum Gasteiger partial charge on any atom is 0.306 e. The predicted octanol–water partition coefficient (Wildman–Crippen LogP) is 3.93. The van der Waals surface area contributed by atoms with E-state index in [4.69, 9.17) is 5.11 Å². The first-order chi connectivity index (χ1) is 7.58. The molecule has 2 rings (SSSR count). The van der Waals surface area contributed by atoms with E-state index in [1.54, 1.807) is 18.3 Å². The second-order valence-electron chi connectivity index (χ2n) is 3.81. The highest BCUT2D eigenvalue weighted by Gasteiger charge is 2.13. The van der Waals surface area contributed by atoms with Crippen LogP contribution in [-0.4, -0.2) is 11.1 Å². The highest BCUT2D eigenvalue weighted by Crippen LogP contribution is 2.32. The van der Waals surface area contributed by atoms with Crippen molar-refractivity contribution in [2.75, 3.05) is 0 Å². The summed E-state index contributed by atoms with van der Waals surface area (Å²) in [5, 5.41) is 10.0. The van der Waals surface area contributed by atoms with Gasteiger partial charge in [0.25, 0.3) is 0 Å². The molecule has 0 saturated carbocycles. The van der Waals surface area contributed by atoms with Gasteiger partial charge in [0.1, 0.15) is 0 Å². The van der Waals surface area contributed by atoms with E-state index in [9.17, 15) is 4.79 Å². The number of carbonyl (C=O) groups is 1. The van der Waals surface area contributed by atoms with Crippen LogP contribution >= 0.6 is 27.3 Å². The van der Waals surface area contributed by atoms with Crippen molar-refractivity contribution in [1.29, 1.82) is 0 Å². The molecule has 0 amide bonds. The van der Waals surface area contributed by atoms with E-state index in [1.807, 2.05) is 18.2 Å². The fourth-order valence-electron chi connectivity index (χ4n) is 1.57. The number of aliphatic carboxylic acids is 1. The Morgan fingerprint density at radius 2 is 2.31 bits per heavy atom. The van der Waals surface area contributed by atoms with Gasteiger partial charge < -0.3 is 5.11 Å². The minimum Gasteiger partial charge on any atom is -0.481 e. The molecule has 84 valence electrons. The molecular formula is C12H11BrO2S. The van der Waals surface area contributed by atoms with E-state index >= 15 is 0 Å². The molecule has 0 fully saturated rings. The lowest BCUT2D eigenvalue weighted by molar-refractivity contribution is -0.141. The quantitative estimate of drug-likeness (QED) is 0.932. The van der Waals surface area contributed by atoms with E-state index in [-0.39, 0.29) is 5.92 Å². The molecule has 1 aromatic heterocycles. The van der Waals surface area contributed by atoms with E-state index in [0.717, 1.165) is 9.35 Å². The van der Waals surface area contributed by atoms with Gasteiger partial charge in [-0.2, -0.15) is 0 Å². The third-order valence-corrected chi connectivity index (χ3v) is 4.61. The van der Waals surface area contributed by atoms with Crippen molar-refractivity contribution in [2.45, 2.75) is 13.3 Å². The number of hydrogen-bond donors (Lipinski definition) is 1. The highest BCUT2D eigenvalue weighted by atomic mass is 79.9. The van der Waals surface area contributed by atoms with Gasteiger partial charge >= 0.3 is 5.97 Å². The molecule has 1 aromatic carbocycles. The topological polar surface area (TPSA) is 37.3 Å². The molecule has 0 spiro atoms. The van der Waals surface area contributed by atoms with Gasteiger partial charge in [-0.15, -0.1) is 11.3 Å². The van der Waals surface area contributed by atoms with E-state index in [2.05, 4.69) is 22.0 Å². The van der Waals surface area contributed by atoms with Crippen LogP contribution in [0, 0.1) is 5.92 Å². The molecule has 4 heteroatoms. The summed E-state index contributed by atoms with van der Waals surface area (Å²) in [5.41, 5.74) is 0. The number of halogens is 1. The van der Waals surface area contributed by atoms with Gasteiger partial charge in [0, 0.05) is 14.0 Å². The summed E-state index contributed by atoms with van der Waals surface area (Å²) in [6.07, 6.45) is 0.598. The number of carboxylic acids is 1. The van der Waals surface area contributed by atoms with Crippen LogP contribution in [0.3, 0.4) is 0 Å². The minimum absolute atomic E-state index is 0.327. The van der Waals surface area contributed by atoms with Crippen molar-refractivity contribution in [3.05, 3.63) is 33.6 Å². The number of fused-ring (bicyclic) bond motifs is 1. The van der Waals surface area contributed by atoms with Crippen molar-refractivity contribution < 1.29 is 9.90 Å². The normalized spacial score (nSPS) is 12.9. The molecule has 2 nitrogen and oxygen atoms in total. The number of rotatable bonds is 3. The standard InChI is InChI=1S/C12H11BrO2S/c1-7(12(14)15)5-9-6-8-3-2-4-10(13)11(8)16-9/h2-4,6-7H,5H2,1H3,(H,14,15). The Balaban J connectivity index is 2.33. The Labute approximate surface area is 106 Å². The SMILES string of the molecule is CC(Cc1cc2cccc(Br)c2s1)C(=O)O. The average Bonchev–Trinajstić information content (AvgIpc) is 2.61. The molecule has 0 bridgehead atoms. The van der Waals surface area contributed by atoms with E-state index in [0.29, 0.717) is 6.42 Å². The van der Waals surface area contributed by atoms with Crippen molar-refractivity contribution in [1.82, 2.24) is 0 Å². The van der Waals surface area contributed by atoms with Crippen LogP contribution in [-0.2, 0) is 11.2 Å². The second-order valence-corrected chi connectivity index (χ2v) is 5.81. The summed E-state index contributed by atoms with van der Waals surface area (Å²) in [6.45, 7) is 1.74. The molecule has 0 radical (unpaired) electrons. The molecule has 0 saturated heterocycles. The zero-order valence-corrected chi connectivity index (χ0v) is 11.1. The zero-order valence-electron chi connectivity index (χ0n) is 8.74. The molecule has 1 heterocycles. The fourth-order valence-corrected chi connectivity index (χ4v) is 3.39. The molecule has 1 N–H and O–H groups in total. The summed E-state index contributed by atoms with van der Waals surface area (Å²) in [6, 6.07) is 8.11. The average molecular weight is 299 g/mol. The molecule has 16 heavy (non-hydrogen) atoms. The summed E-state index contributed by atoms with van der Waals surface area (Å²) >= 11 is 5.16. The van der Waals surface area contributed by atoms with Gasteiger partial charge in [-0.1, -0.05) is 19.1 Å². The van der Waals surface area contributed by atoms with Crippen LogP contribution in [0.4, 0.5) is 0 Å². The monoisotopic (exact) mass is 298 g/mol. The third kappa shape index (κ3) is 2.28. The van der Waals surface area contributed by atoms with E-state index in [1.165, 1.54) is 10.1 Å². The van der Waals surface area contributed by atoms with Crippen LogP contribution in [0.2, 0.25) is 0 Å². The summed E-state index contributed by atoms with van der Waals surface area (Å²) < 4.78 is 2.26. The lowest BCUT2D eigenvalue weighted by atomic mass is 10.1. The Bertz CT molecular complexity index is 533. The molecule has 1 atom stereocenters. The maximum absolute atomic E-state index is 10.8. The number of thiophene rings is 1. The van der Waals surface area contributed by atoms with Gasteiger partial charge in [-0.05, 0) is 39.9 Å². The minimum atomic E-state index is -0.739. The van der Waals surface area contributed by atoms with Crippen molar-refractivity contribution >= 4 is 43.3 Å². The summed E-state index contributed by atoms with van der Waals surface area (Å²) in [5.74, 6) is -1.07. The molecular weight excluding hydrogens is 288 g/mol. The Hall–Kier alpha value is -0.870. The molecule has 1 unspecified atom stereocenters. The van der Waals surface area contributed by atoms with Crippen molar-refractivity contribution in [3.8, 4) is 0 Å². The molecule has 0 aliphatic carbocycles. The van der Waals surface area contributed by atoms with Crippen LogP contribution in [0.5, 0.6) is 0 Å². The first-order valence-corrected chi connectivity index (χ1v) is 6.58. The first-order valence-electron chi connectivity index (χ1n) is 4.97. The smallest absolute Gasteiger partial charge is 0.306 e. The largest absolute Gasteiger partial charge is 0.481 e. The van der Waals surface area contributed by atoms with Crippen LogP contribution in [0.15, 0.2) is 28.7 Å². The maximum atomic E-state index is 10.8. The zero-order chi connectivity index (χ0) is 11.7. The van der Waals surface area contributed by atoms with E-state index < -0.39 is 5.97 Å². The molecule has 0 aliphatic heterocycles. The van der Waals surface area contributed by atoms with Gasteiger partial charge in [-0.3, -0.25) is 4.79 Å². The Morgan fingerprint density at radius 3 is 2.94 bits per heavy atom. The lowest BCUT2D eigenvalue weighted by Crippen LogP contribution is -2.11. The van der Waals surface area contributed by atoms with Crippen molar-refractivity contribution in [3.63, 3.8) is 0 Å². The summed E-state index contributed by atoms with van der Waals surface area (Å²) in [7, 11) is 0. The van der Waals surface area contributed by atoms with Crippen LogP contribution < -0.4 is 0 Å². The number of hydrogen-bond acceptors (Lipinski definition) is 2. The first kappa shape index (κ1) is 11.6. The van der Waals surface area contributed by atoms with Gasteiger partial charge in [-0.25, -0.2) is 0 Å². The molecule has 2 aromatic rings. The van der Waals surface area contributed by atoms with Gasteiger partial charge in [0.05, 0.1) is 5.92 Å². The van der Waals surface area contributed by atoms with Crippen LogP contribution in [0.25, 0.3) is 10.1 Å². The Morgan fingerprint density at radius 1 is 1.56 bits per heavy atom. The predicted molar refractivity (Wildman–Crippen MR) is 70.0 cm³/mol. The van der Waals surface area contributed by atoms with Crippen LogP contribution in [0.1, 0.15) is 11.8 Å². The summed E-state index contributed by atoms with van der Waals surface area (Å²) in [4.78, 5) is 11.9. The number of carboxylic acid groups (broad SMARTS) is 1. The second kappa shape index (κ2) is 4.55. The highest BCUT2D eigenvalue weighted by molar-refractivity contribution is 9.10.